The minimum atomic E-state index is -1.64. The first kappa shape index (κ1) is 28.5. The molecule has 34 heavy (non-hydrogen) atoms. The van der Waals surface area contributed by atoms with E-state index in [0.29, 0.717) is 22.9 Å². The summed E-state index contributed by atoms with van der Waals surface area (Å²) in [5.41, 5.74) is -0.546. The number of anilines is 2. The Labute approximate surface area is 200 Å². The van der Waals surface area contributed by atoms with Gasteiger partial charge < -0.3 is 26.4 Å². The van der Waals surface area contributed by atoms with E-state index >= 15 is 0 Å². The number of aliphatic imine (C=N–C) groups is 2. The number of guanidine groups is 1. The smallest absolute Gasteiger partial charge is 0.255 e. The Balaban J connectivity index is 3.23. The Morgan fingerprint density at radius 2 is 1.97 bits per heavy atom. The van der Waals surface area contributed by atoms with Gasteiger partial charge in [0.2, 0.25) is 5.96 Å². The molecule has 0 aliphatic rings. The Morgan fingerprint density at radius 1 is 1.32 bits per heavy atom. The maximum absolute atomic E-state index is 14.0. The fraction of sp³-hybridized carbons (Fsp3) is 0.522. The van der Waals surface area contributed by atoms with Gasteiger partial charge >= 0.3 is 0 Å². The molecule has 11 heteroatoms. The van der Waals surface area contributed by atoms with Crippen LogP contribution in [0.2, 0.25) is 0 Å². The van der Waals surface area contributed by atoms with Crippen molar-refractivity contribution in [2.45, 2.75) is 72.3 Å². The topological polar surface area (TPSA) is 147 Å². The number of aliphatic hydroxyl groups is 1. The van der Waals surface area contributed by atoms with Crippen LogP contribution in [-0.2, 0) is 0 Å². The van der Waals surface area contributed by atoms with Crippen LogP contribution in [0.25, 0.3) is 0 Å². The lowest BCUT2D eigenvalue weighted by molar-refractivity contribution is -0.00177. The Morgan fingerprint density at radius 3 is 2.47 bits per heavy atom. The third-order valence-corrected chi connectivity index (χ3v) is 4.36. The number of carbonyl (C=O) groups excluding carboxylic acids is 1. The molecule has 10 nitrogen and oxygen atoms in total. The van der Waals surface area contributed by atoms with Gasteiger partial charge in [0.05, 0.1) is 35.0 Å². The molecule has 0 bridgehead atoms. The number of nitriles is 1. The summed E-state index contributed by atoms with van der Waals surface area (Å²) in [6.07, 6.45) is -0.299. The summed E-state index contributed by atoms with van der Waals surface area (Å²) in [4.78, 5) is 25.1. The van der Waals surface area contributed by atoms with Gasteiger partial charge in [-0.3, -0.25) is 4.79 Å². The van der Waals surface area contributed by atoms with Crippen LogP contribution in [0.15, 0.2) is 33.6 Å². The molecule has 1 rings (SSSR count). The molecular formula is C23H35FN8O2. The monoisotopic (exact) mass is 474 g/mol. The third-order valence-electron chi connectivity index (χ3n) is 4.36. The molecule has 0 saturated heterocycles. The molecule has 1 amide bonds. The summed E-state index contributed by atoms with van der Waals surface area (Å²) in [6.45, 7) is 15.1. The number of carbonyl (C=O) groups is 1. The van der Waals surface area contributed by atoms with Gasteiger partial charge in [-0.25, -0.2) is 14.4 Å². The highest BCUT2D eigenvalue weighted by atomic mass is 19.1. The summed E-state index contributed by atoms with van der Waals surface area (Å²) in [6, 6.07) is 3.66. The van der Waals surface area contributed by atoms with Crippen molar-refractivity contribution in [2.24, 2.45) is 9.98 Å². The van der Waals surface area contributed by atoms with E-state index in [4.69, 9.17) is 0 Å². The largest absolute Gasteiger partial charge is 0.387 e. The van der Waals surface area contributed by atoms with E-state index in [-0.39, 0.29) is 30.2 Å². The molecule has 0 fully saturated rings. The highest BCUT2D eigenvalue weighted by Crippen LogP contribution is 2.21. The molecule has 1 aromatic rings. The average Bonchev–Trinajstić information content (AvgIpc) is 2.74. The molecule has 1 heterocycles. The average molecular weight is 475 g/mol. The van der Waals surface area contributed by atoms with Crippen molar-refractivity contribution in [3.05, 3.63) is 29.2 Å². The summed E-state index contributed by atoms with van der Waals surface area (Å²) in [5, 5.41) is 30.6. The van der Waals surface area contributed by atoms with E-state index < -0.39 is 17.7 Å². The molecule has 0 aliphatic heterocycles. The lowest BCUT2D eigenvalue weighted by atomic mass is 10.0. The lowest BCUT2D eigenvalue weighted by Gasteiger charge is -2.23. The van der Waals surface area contributed by atoms with E-state index in [1.165, 1.54) is 20.0 Å². The molecule has 5 N–H and O–H groups in total. The van der Waals surface area contributed by atoms with Crippen LogP contribution in [0.1, 0.15) is 58.8 Å². The maximum Gasteiger partial charge on any atom is 0.255 e. The number of rotatable bonds is 10. The van der Waals surface area contributed by atoms with Gasteiger partial charge in [-0.1, -0.05) is 0 Å². The quantitative estimate of drug-likeness (QED) is 0.199. The van der Waals surface area contributed by atoms with Gasteiger partial charge in [0, 0.05) is 24.3 Å². The second kappa shape index (κ2) is 12.6. The minimum absolute atomic E-state index is 0.0131. The van der Waals surface area contributed by atoms with Crippen LogP contribution in [0.3, 0.4) is 0 Å². The van der Waals surface area contributed by atoms with Gasteiger partial charge in [0.15, 0.2) is 0 Å². The second-order valence-corrected chi connectivity index (χ2v) is 8.85. The number of halogens is 1. The number of alkyl halides is 1. The van der Waals surface area contributed by atoms with Crippen molar-refractivity contribution in [2.75, 3.05) is 17.2 Å². The molecule has 186 valence electrons. The van der Waals surface area contributed by atoms with E-state index in [2.05, 4.69) is 49.0 Å². The summed E-state index contributed by atoms with van der Waals surface area (Å²) < 4.78 is 14.0. The predicted molar refractivity (Wildman–Crippen MR) is 134 cm³/mol. The van der Waals surface area contributed by atoms with Crippen LogP contribution in [0, 0.1) is 11.3 Å². The van der Waals surface area contributed by atoms with Gasteiger partial charge in [0.1, 0.15) is 17.8 Å². The van der Waals surface area contributed by atoms with Crippen LogP contribution in [0.4, 0.5) is 15.9 Å². The third kappa shape index (κ3) is 9.15. The van der Waals surface area contributed by atoms with Crippen molar-refractivity contribution >= 4 is 30.1 Å². The summed E-state index contributed by atoms with van der Waals surface area (Å²) in [7, 11) is 0. The molecular weight excluding hydrogens is 439 g/mol. The molecule has 1 aromatic heterocycles. The zero-order valence-corrected chi connectivity index (χ0v) is 20.8. The van der Waals surface area contributed by atoms with Crippen molar-refractivity contribution in [1.29, 1.82) is 5.26 Å². The molecule has 1 atom stereocenters. The first-order valence-corrected chi connectivity index (χ1v) is 10.9. The number of allylic oxidation sites excluding steroid dienone is 1. The fourth-order valence-corrected chi connectivity index (χ4v) is 2.54. The fourth-order valence-electron chi connectivity index (χ4n) is 2.54. The Hall–Kier alpha value is -3.52. The molecule has 0 aliphatic carbocycles. The minimum Gasteiger partial charge on any atom is -0.387 e. The predicted octanol–water partition coefficient (Wildman–Crippen LogP) is 2.96. The lowest BCUT2D eigenvalue weighted by Crippen LogP contribution is -2.42. The summed E-state index contributed by atoms with van der Waals surface area (Å²) >= 11 is 0. The van der Waals surface area contributed by atoms with Gasteiger partial charge in [-0.15, -0.1) is 0 Å². The number of aromatic nitrogens is 1. The van der Waals surface area contributed by atoms with Crippen molar-refractivity contribution < 1.29 is 14.3 Å². The zero-order chi connectivity index (χ0) is 26.1. The first-order valence-electron chi connectivity index (χ1n) is 10.9. The molecule has 0 radical (unpaired) electrons. The zero-order valence-electron chi connectivity index (χ0n) is 20.8. The van der Waals surface area contributed by atoms with Crippen LogP contribution >= 0.6 is 0 Å². The maximum atomic E-state index is 14.0. The van der Waals surface area contributed by atoms with E-state index in [9.17, 15) is 19.6 Å². The van der Waals surface area contributed by atoms with Crippen molar-refractivity contribution in [1.82, 2.24) is 15.6 Å². The molecule has 0 spiro atoms. The second-order valence-electron chi connectivity index (χ2n) is 8.85. The number of hydrogen-bond donors (Lipinski definition) is 5. The highest BCUT2D eigenvalue weighted by molar-refractivity contribution is 6.01. The van der Waals surface area contributed by atoms with E-state index in [1.807, 2.05) is 27.7 Å². The standard InChI is InChI=1S/C23H35FN8O2/c1-13(2)29-17-9-19(27-11-16(17)21(33)28-12-18(24)23(6,7)34)31-22(26-8)32-20(15(5)10-25)30-14(3)4/h9,11,13-14,18,30,34H,8,12H2,1-7H3,(H,28,33)(H2,27,29,31,32)/b20-15+/t18-/m1/s1. The van der Waals surface area contributed by atoms with E-state index in [1.54, 1.807) is 13.0 Å². The van der Waals surface area contributed by atoms with Crippen LogP contribution in [0.5, 0.6) is 0 Å². The van der Waals surface area contributed by atoms with Crippen LogP contribution in [-0.4, -0.2) is 59.1 Å². The van der Waals surface area contributed by atoms with Crippen LogP contribution < -0.4 is 21.3 Å². The molecule has 0 aromatic carbocycles. The number of pyridine rings is 1. The molecule has 0 saturated carbocycles. The summed E-state index contributed by atoms with van der Waals surface area (Å²) in [5.74, 6) is 0.227. The number of hydrogen-bond acceptors (Lipinski definition) is 7. The Kier molecular flexibility index (Phi) is 10.6. The Bertz CT molecular complexity index is 974. The van der Waals surface area contributed by atoms with Gasteiger partial charge in [0.25, 0.3) is 5.91 Å². The number of amides is 1. The highest BCUT2D eigenvalue weighted by Gasteiger charge is 2.27. The first-order chi connectivity index (χ1) is 15.8. The van der Waals surface area contributed by atoms with E-state index in [0.717, 1.165) is 0 Å². The number of nitrogens with zero attached hydrogens (tertiary/aromatic N) is 4. The van der Waals surface area contributed by atoms with Gasteiger partial charge in [-0.2, -0.15) is 10.3 Å². The molecule has 0 unspecified atom stereocenters. The van der Waals surface area contributed by atoms with Crippen molar-refractivity contribution in [3.63, 3.8) is 0 Å². The normalized spacial score (nSPS) is 13.6. The van der Waals surface area contributed by atoms with Crippen molar-refractivity contribution in [3.8, 4) is 6.07 Å². The SMILES string of the molecule is C=NC(=N/C(NC(C)C)=C(\C)C#N)Nc1cc(NC(C)C)c(C(=O)NC[C@@H](F)C(C)(C)O)cn1. The van der Waals surface area contributed by atoms with Gasteiger partial charge in [-0.05, 0) is 55.2 Å². The number of nitrogens with one attached hydrogen (secondary N) is 4.